The van der Waals surface area contributed by atoms with Crippen LogP contribution in [0.25, 0.3) is 16.9 Å². The Bertz CT molecular complexity index is 1260. The maximum absolute atomic E-state index is 14.6. The van der Waals surface area contributed by atoms with Crippen LogP contribution in [0.4, 0.5) is 17.6 Å². The molecule has 1 aromatic heterocycles. The van der Waals surface area contributed by atoms with Gasteiger partial charge in [0.25, 0.3) is 6.43 Å². The van der Waals surface area contributed by atoms with Crippen LogP contribution in [0.15, 0.2) is 41.3 Å². The molecule has 150 valence electrons. The molecule has 3 aromatic rings. The monoisotopic (exact) mass is 423 g/mol. The molecule has 0 N–H and O–H groups in total. The molecule has 0 bridgehead atoms. The number of alkyl halides is 2. The number of aryl methyl sites for hydroxylation is 1. The SMILES string of the molecule is Cc1ccc(-c2cc(C(F)F)nn2-c2cc(F)c(S(C)(=O)=O)cc2F)cc1C#N. The summed E-state index contributed by atoms with van der Waals surface area (Å²) in [5.41, 5.74) is -0.0539. The average molecular weight is 423 g/mol. The number of nitriles is 1. The number of benzene rings is 2. The van der Waals surface area contributed by atoms with Gasteiger partial charge in [-0.15, -0.1) is 0 Å². The van der Waals surface area contributed by atoms with Crippen molar-refractivity contribution < 1.29 is 26.0 Å². The van der Waals surface area contributed by atoms with Crippen molar-refractivity contribution in [3.05, 3.63) is 64.9 Å². The average Bonchev–Trinajstić information content (AvgIpc) is 3.08. The summed E-state index contributed by atoms with van der Waals surface area (Å²) >= 11 is 0. The molecule has 29 heavy (non-hydrogen) atoms. The van der Waals surface area contributed by atoms with Crippen LogP contribution in [-0.2, 0) is 9.84 Å². The van der Waals surface area contributed by atoms with Crippen LogP contribution < -0.4 is 0 Å². The van der Waals surface area contributed by atoms with Crippen molar-refractivity contribution in [1.82, 2.24) is 9.78 Å². The lowest BCUT2D eigenvalue weighted by Crippen LogP contribution is -2.08. The molecular weight excluding hydrogens is 410 g/mol. The molecule has 3 rings (SSSR count). The van der Waals surface area contributed by atoms with Crippen LogP contribution in [0, 0.1) is 29.9 Å². The standard InChI is InChI=1S/C19H13F4N3O2S/c1-10-3-4-11(5-12(10)9-24)16-8-15(19(22)23)25-26(16)17-6-14(21)18(7-13(17)20)29(2,27)28/h3-8,19H,1-2H3. The number of hydrogen-bond acceptors (Lipinski definition) is 4. The van der Waals surface area contributed by atoms with Crippen molar-refractivity contribution in [2.45, 2.75) is 18.2 Å². The minimum atomic E-state index is -4.04. The van der Waals surface area contributed by atoms with Gasteiger partial charge in [-0.2, -0.15) is 10.4 Å². The normalized spacial score (nSPS) is 11.7. The lowest BCUT2D eigenvalue weighted by Gasteiger charge is -2.11. The maximum atomic E-state index is 14.6. The highest BCUT2D eigenvalue weighted by Gasteiger charge is 2.23. The number of nitrogens with zero attached hydrogens (tertiary/aromatic N) is 3. The van der Waals surface area contributed by atoms with E-state index in [0.717, 1.165) is 10.7 Å². The van der Waals surface area contributed by atoms with Gasteiger partial charge in [-0.25, -0.2) is 30.7 Å². The van der Waals surface area contributed by atoms with E-state index in [-0.39, 0.29) is 16.8 Å². The molecule has 0 aliphatic rings. The lowest BCUT2D eigenvalue weighted by molar-refractivity contribution is 0.145. The summed E-state index contributed by atoms with van der Waals surface area (Å²) in [7, 11) is -4.04. The van der Waals surface area contributed by atoms with Crippen molar-refractivity contribution in [2.24, 2.45) is 0 Å². The Balaban J connectivity index is 2.29. The molecule has 0 amide bonds. The van der Waals surface area contributed by atoms with Crippen LogP contribution in [-0.4, -0.2) is 24.5 Å². The highest BCUT2D eigenvalue weighted by molar-refractivity contribution is 7.90. The Hall–Kier alpha value is -3.19. The molecule has 0 atom stereocenters. The highest BCUT2D eigenvalue weighted by atomic mass is 32.2. The van der Waals surface area contributed by atoms with Gasteiger partial charge in [-0.3, -0.25) is 0 Å². The van der Waals surface area contributed by atoms with E-state index >= 15 is 0 Å². The number of rotatable bonds is 4. The van der Waals surface area contributed by atoms with E-state index < -0.39 is 44.2 Å². The summed E-state index contributed by atoms with van der Waals surface area (Å²) in [6, 6.07) is 8.53. The highest BCUT2D eigenvalue weighted by Crippen LogP contribution is 2.31. The van der Waals surface area contributed by atoms with Gasteiger partial charge in [0.1, 0.15) is 27.9 Å². The van der Waals surface area contributed by atoms with Crippen molar-refractivity contribution >= 4 is 9.84 Å². The van der Waals surface area contributed by atoms with E-state index in [1.165, 1.54) is 12.1 Å². The fraction of sp³-hybridized carbons (Fsp3) is 0.158. The summed E-state index contributed by atoms with van der Waals surface area (Å²) in [5.74, 6) is -2.41. The van der Waals surface area contributed by atoms with Gasteiger partial charge >= 0.3 is 0 Å². The first-order valence-corrected chi connectivity index (χ1v) is 10.0. The molecule has 0 aliphatic carbocycles. The third-order valence-electron chi connectivity index (χ3n) is 4.23. The van der Waals surface area contributed by atoms with Crippen LogP contribution >= 0.6 is 0 Å². The zero-order valence-electron chi connectivity index (χ0n) is 15.1. The first kappa shape index (κ1) is 20.5. The fourth-order valence-corrected chi connectivity index (χ4v) is 3.49. The smallest absolute Gasteiger partial charge is 0.230 e. The first-order chi connectivity index (χ1) is 13.5. The van der Waals surface area contributed by atoms with Gasteiger partial charge in [-0.1, -0.05) is 12.1 Å². The Morgan fingerprint density at radius 3 is 2.38 bits per heavy atom. The molecule has 2 aromatic carbocycles. The van der Waals surface area contributed by atoms with Crippen molar-refractivity contribution in [3.63, 3.8) is 0 Å². The Morgan fingerprint density at radius 2 is 1.79 bits per heavy atom. The summed E-state index contributed by atoms with van der Waals surface area (Å²) in [6.45, 7) is 1.68. The molecule has 1 heterocycles. The minimum Gasteiger partial charge on any atom is -0.230 e. The molecule has 10 heteroatoms. The van der Waals surface area contributed by atoms with Crippen molar-refractivity contribution in [1.29, 1.82) is 5.26 Å². The second kappa shape index (κ2) is 7.33. The molecule has 0 saturated heterocycles. The Kier molecular flexibility index (Phi) is 5.19. The molecular formula is C19H13F4N3O2S. The predicted octanol–water partition coefficient (Wildman–Crippen LogP) is 4.34. The van der Waals surface area contributed by atoms with Crippen LogP contribution in [0.5, 0.6) is 0 Å². The van der Waals surface area contributed by atoms with Crippen LogP contribution in [0.2, 0.25) is 0 Å². The van der Waals surface area contributed by atoms with Crippen LogP contribution in [0.3, 0.4) is 0 Å². The van der Waals surface area contributed by atoms with E-state index in [9.17, 15) is 31.2 Å². The van der Waals surface area contributed by atoms with E-state index in [1.807, 2.05) is 6.07 Å². The van der Waals surface area contributed by atoms with E-state index in [0.29, 0.717) is 24.0 Å². The summed E-state index contributed by atoms with van der Waals surface area (Å²) < 4.78 is 79.3. The molecule has 0 spiro atoms. The van der Waals surface area contributed by atoms with Gasteiger partial charge in [0, 0.05) is 17.9 Å². The number of hydrogen-bond donors (Lipinski definition) is 0. The largest absolute Gasteiger partial charge is 0.282 e. The zero-order valence-corrected chi connectivity index (χ0v) is 15.9. The summed E-state index contributed by atoms with van der Waals surface area (Å²) in [4.78, 5) is -0.858. The van der Waals surface area contributed by atoms with Crippen molar-refractivity contribution in [3.8, 4) is 23.0 Å². The van der Waals surface area contributed by atoms with Crippen molar-refractivity contribution in [2.75, 3.05) is 6.26 Å². The van der Waals surface area contributed by atoms with E-state index in [4.69, 9.17) is 0 Å². The second-order valence-electron chi connectivity index (χ2n) is 6.31. The molecule has 5 nitrogen and oxygen atoms in total. The second-order valence-corrected chi connectivity index (χ2v) is 8.30. The van der Waals surface area contributed by atoms with E-state index in [2.05, 4.69) is 5.10 Å². The summed E-state index contributed by atoms with van der Waals surface area (Å²) in [6.07, 6.45) is -2.27. The fourth-order valence-electron chi connectivity index (χ4n) is 2.76. The number of aromatic nitrogens is 2. The molecule has 0 fully saturated rings. The number of sulfone groups is 1. The first-order valence-electron chi connectivity index (χ1n) is 8.11. The van der Waals surface area contributed by atoms with Gasteiger partial charge < -0.3 is 0 Å². The minimum absolute atomic E-state index is 0.0118. The van der Waals surface area contributed by atoms with Crippen LogP contribution in [0.1, 0.15) is 23.2 Å². The quantitative estimate of drug-likeness (QED) is 0.585. The topological polar surface area (TPSA) is 75.8 Å². The molecule has 0 radical (unpaired) electrons. The maximum Gasteiger partial charge on any atom is 0.282 e. The Labute approximate surface area is 163 Å². The Morgan fingerprint density at radius 1 is 1.10 bits per heavy atom. The predicted molar refractivity (Wildman–Crippen MR) is 96.4 cm³/mol. The van der Waals surface area contributed by atoms with Gasteiger partial charge in [-0.05, 0) is 30.7 Å². The third kappa shape index (κ3) is 3.86. The van der Waals surface area contributed by atoms with E-state index in [1.54, 1.807) is 13.0 Å². The van der Waals surface area contributed by atoms with Gasteiger partial charge in [0.2, 0.25) is 0 Å². The molecule has 0 aliphatic heterocycles. The van der Waals surface area contributed by atoms with Gasteiger partial charge in [0.05, 0.1) is 17.3 Å². The summed E-state index contributed by atoms with van der Waals surface area (Å²) in [5, 5.41) is 12.9. The van der Waals surface area contributed by atoms with Gasteiger partial charge in [0.15, 0.2) is 9.84 Å². The lowest BCUT2D eigenvalue weighted by atomic mass is 10.0. The number of halogens is 4. The molecule has 0 unspecified atom stereocenters. The molecule has 0 saturated carbocycles. The third-order valence-corrected chi connectivity index (χ3v) is 5.35. The zero-order chi connectivity index (χ0) is 21.5.